The topological polar surface area (TPSA) is 66.4 Å². The SMILES string of the molecule is CC1(C)OB([C@@H]2[C@H](CO)OCC[C@@H]2B2OC(C)(C)C(C)(C)O2)OC1(C)C. The van der Waals surface area contributed by atoms with Gasteiger partial charge in [0.15, 0.2) is 0 Å². The quantitative estimate of drug-likeness (QED) is 0.773. The Morgan fingerprint density at radius 2 is 1.19 bits per heavy atom. The molecule has 3 atom stereocenters. The first kappa shape index (κ1) is 20.6. The molecular weight excluding hydrogens is 334 g/mol. The normalized spacial score (nSPS) is 38.0. The second kappa shape index (κ2) is 6.46. The van der Waals surface area contributed by atoms with E-state index in [9.17, 15) is 5.11 Å². The van der Waals surface area contributed by atoms with E-state index in [0.717, 1.165) is 6.42 Å². The summed E-state index contributed by atoms with van der Waals surface area (Å²) in [4.78, 5) is 0. The van der Waals surface area contributed by atoms with E-state index in [1.54, 1.807) is 0 Å². The van der Waals surface area contributed by atoms with Gasteiger partial charge in [0.05, 0.1) is 35.1 Å². The lowest BCUT2D eigenvalue weighted by Crippen LogP contribution is -2.47. The molecule has 0 aromatic heterocycles. The number of hydrogen-bond donors (Lipinski definition) is 1. The molecule has 3 fully saturated rings. The van der Waals surface area contributed by atoms with Crippen molar-refractivity contribution < 1.29 is 28.5 Å². The minimum absolute atomic E-state index is 0.0247. The summed E-state index contributed by atoms with van der Waals surface area (Å²) < 4.78 is 31.1. The van der Waals surface area contributed by atoms with Gasteiger partial charge in [-0.05, 0) is 67.6 Å². The zero-order chi connectivity index (χ0) is 19.5. The van der Waals surface area contributed by atoms with Gasteiger partial charge in [0.25, 0.3) is 0 Å². The Balaban J connectivity index is 1.87. The maximum Gasteiger partial charge on any atom is 0.463 e. The van der Waals surface area contributed by atoms with Crippen molar-refractivity contribution >= 4 is 14.2 Å². The molecule has 148 valence electrons. The molecule has 3 rings (SSSR count). The maximum absolute atomic E-state index is 9.93. The van der Waals surface area contributed by atoms with Crippen LogP contribution in [0.1, 0.15) is 61.8 Å². The number of aliphatic hydroxyl groups excluding tert-OH is 1. The van der Waals surface area contributed by atoms with Crippen molar-refractivity contribution in [1.29, 1.82) is 0 Å². The monoisotopic (exact) mass is 368 g/mol. The molecule has 1 N–H and O–H groups in total. The molecule has 0 spiro atoms. The summed E-state index contributed by atoms with van der Waals surface area (Å²) in [7, 11) is -0.844. The molecule has 0 aromatic carbocycles. The van der Waals surface area contributed by atoms with Crippen LogP contribution in [0, 0.1) is 0 Å². The molecule has 0 bridgehead atoms. The van der Waals surface area contributed by atoms with Crippen molar-refractivity contribution in [3.63, 3.8) is 0 Å². The average molecular weight is 368 g/mol. The summed E-state index contributed by atoms with van der Waals surface area (Å²) in [6, 6.07) is 0. The molecule has 0 radical (unpaired) electrons. The predicted molar refractivity (Wildman–Crippen MR) is 101 cm³/mol. The zero-order valence-corrected chi connectivity index (χ0v) is 17.5. The standard InChI is InChI=1S/C18H34B2O6/c1-15(2)16(3,4)24-19(23-15)12-9-10-22-13(11-21)14(12)20-25-17(5,6)18(7,8)26-20/h12-14,21H,9-11H2,1-8H3/t12-,13-,14-/m0/s1. The van der Waals surface area contributed by atoms with E-state index < -0.39 is 29.5 Å². The Morgan fingerprint density at radius 1 is 0.769 bits per heavy atom. The van der Waals surface area contributed by atoms with Crippen LogP contribution in [0.15, 0.2) is 0 Å². The first-order valence-corrected chi connectivity index (χ1v) is 9.75. The number of rotatable bonds is 3. The Labute approximate surface area is 158 Å². The van der Waals surface area contributed by atoms with E-state index in [1.165, 1.54) is 0 Å². The fraction of sp³-hybridized carbons (Fsp3) is 1.00. The van der Waals surface area contributed by atoms with Crippen molar-refractivity contribution in [2.75, 3.05) is 13.2 Å². The van der Waals surface area contributed by atoms with Crippen molar-refractivity contribution in [1.82, 2.24) is 0 Å². The van der Waals surface area contributed by atoms with Crippen LogP contribution in [-0.4, -0.2) is 61.1 Å². The molecular formula is C18H34B2O6. The van der Waals surface area contributed by atoms with Crippen LogP contribution in [0.5, 0.6) is 0 Å². The second-order valence-corrected chi connectivity index (χ2v) is 9.87. The van der Waals surface area contributed by atoms with Gasteiger partial charge in [-0.25, -0.2) is 0 Å². The maximum atomic E-state index is 9.93. The molecule has 3 aliphatic rings. The Bertz CT molecular complexity index is 504. The van der Waals surface area contributed by atoms with Gasteiger partial charge in [0.2, 0.25) is 0 Å². The number of hydrogen-bond acceptors (Lipinski definition) is 6. The lowest BCUT2D eigenvalue weighted by Gasteiger charge is -2.39. The van der Waals surface area contributed by atoms with Gasteiger partial charge in [-0.15, -0.1) is 0 Å². The highest BCUT2D eigenvalue weighted by Crippen LogP contribution is 2.51. The van der Waals surface area contributed by atoms with Crippen LogP contribution in [0.2, 0.25) is 11.6 Å². The zero-order valence-electron chi connectivity index (χ0n) is 17.5. The van der Waals surface area contributed by atoms with E-state index in [4.69, 9.17) is 23.4 Å². The van der Waals surface area contributed by atoms with Crippen molar-refractivity contribution in [2.24, 2.45) is 0 Å². The molecule has 3 heterocycles. The molecule has 0 aromatic rings. The van der Waals surface area contributed by atoms with Crippen LogP contribution < -0.4 is 0 Å². The average Bonchev–Trinajstić information content (AvgIpc) is 2.86. The first-order valence-electron chi connectivity index (χ1n) is 9.75. The summed E-state index contributed by atoms with van der Waals surface area (Å²) in [5.41, 5.74) is -1.67. The van der Waals surface area contributed by atoms with E-state index >= 15 is 0 Å². The number of ether oxygens (including phenoxy) is 1. The molecule has 8 heteroatoms. The van der Waals surface area contributed by atoms with Crippen LogP contribution in [-0.2, 0) is 23.4 Å². The van der Waals surface area contributed by atoms with Gasteiger partial charge >= 0.3 is 14.2 Å². The Morgan fingerprint density at radius 3 is 1.62 bits per heavy atom. The molecule has 0 saturated carbocycles. The first-order chi connectivity index (χ1) is 11.8. The fourth-order valence-corrected chi connectivity index (χ4v) is 3.91. The highest BCUT2D eigenvalue weighted by molar-refractivity contribution is 6.55. The van der Waals surface area contributed by atoms with Crippen molar-refractivity contribution in [3.8, 4) is 0 Å². The third kappa shape index (κ3) is 3.27. The van der Waals surface area contributed by atoms with E-state index in [1.807, 2.05) is 27.7 Å². The summed E-state index contributed by atoms with van der Waals surface area (Å²) in [6.45, 7) is 16.9. The molecule has 3 saturated heterocycles. The molecule has 6 nitrogen and oxygen atoms in total. The van der Waals surface area contributed by atoms with Gasteiger partial charge in [0, 0.05) is 12.4 Å². The van der Waals surface area contributed by atoms with Crippen molar-refractivity contribution in [3.05, 3.63) is 0 Å². The molecule has 0 unspecified atom stereocenters. The van der Waals surface area contributed by atoms with Crippen LogP contribution in [0.25, 0.3) is 0 Å². The summed E-state index contributed by atoms with van der Waals surface area (Å²) in [5.74, 6) is -0.138. The predicted octanol–water partition coefficient (Wildman–Crippen LogP) is 2.69. The van der Waals surface area contributed by atoms with Gasteiger partial charge < -0.3 is 28.5 Å². The second-order valence-electron chi connectivity index (χ2n) is 9.87. The smallest absolute Gasteiger partial charge is 0.403 e. The number of aliphatic hydroxyl groups is 1. The third-order valence-corrected chi connectivity index (χ3v) is 7.09. The summed E-state index contributed by atoms with van der Waals surface area (Å²) in [6.07, 6.45) is 0.421. The van der Waals surface area contributed by atoms with E-state index in [-0.39, 0.29) is 31.5 Å². The molecule has 0 aliphatic carbocycles. The molecule has 26 heavy (non-hydrogen) atoms. The van der Waals surface area contributed by atoms with Gasteiger partial charge in [0.1, 0.15) is 0 Å². The lowest BCUT2D eigenvalue weighted by molar-refractivity contribution is -0.0281. The minimum Gasteiger partial charge on any atom is -0.403 e. The third-order valence-electron chi connectivity index (χ3n) is 7.09. The van der Waals surface area contributed by atoms with Crippen LogP contribution in [0.4, 0.5) is 0 Å². The lowest BCUT2D eigenvalue weighted by atomic mass is 9.49. The van der Waals surface area contributed by atoms with E-state index in [2.05, 4.69) is 27.7 Å². The Hall–Kier alpha value is -0.110. The van der Waals surface area contributed by atoms with Gasteiger partial charge in [-0.3, -0.25) is 0 Å². The van der Waals surface area contributed by atoms with Crippen LogP contribution >= 0.6 is 0 Å². The molecule has 0 amide bonds. The van der Waals surface area contributed by atoms with E-state index in [0.29, 0.717) is 6.61 Å². The largest absolute Gasteiger partial charge is 0.463 e. The highest BCUT2D eigenvalue weighted by atomic mass is 16.7. The van der Waals surface area contributed by atoms with Gasteiger partial charge in [-0.1, -0.05) is 0 Å². The van der Waals surface area contributed by atoms with Crippen molar-refractivity contribution in [2.45, 2.75) is 102 Å². The summed E-state index contributed by atoms with van der Waals surface area (Å²) >= 11 is 0. The Kier molecular flexibility index (Phi) is 5.12. The van der Waals surface area contributed by atoms with Crippen LogP contribution in [0.3, 0.4) is 0 Å². The highest BCUT2D eigenvalue weighted by Gasteiger charge is 2.62. The fourth-order valence-electron chi connectivity index (χ4n) is 3.91. The van der Waals surface area contributed by atoms with Gasteiger partial charge in [-0.2, -0.15) is 0 Å². The molecule has 3 aliphatic heterocycles. The summed E-state index contributed by atoms with van der Waals surface area (Å²) in [5, 5.41) is 9.93. The minimum atomic E-state index is -0.471.